The Hall–Kier alpha value is -0.0800. The van der Waals surface area contributed by atoms with Gasteiger partial charge in [0.1, 0.15) is 0 Å². The first-order chi connectivity index (χ1) is 9.80. The minimum atomic E-state index is 0.613. The molecule has 0 radical (unpaired) electrons. The Bertz CT molecular complexity index is 292. The predicted octanol–water partition coefficient (Wildman–Crippen LogP) is 3.81. The largest absolute Gasteiger partial charge is 0.313 e. The molecule has 3 rings (SSSR count). The molecule has 3 fully saturated rings. The number of likely N-dealkylation sites (tertiary alicyclic amines) is 1. The lowest BCUT2D eigenvalue weighted by molar-refractivity contribution is 0.113. The Morgan fingerprint density at radius 2 is 1.90 bits per heavy atom. The molecule has 0 aromatic carbocycles. The average Bonchev–Trinajstić information content (AvgIpc) is 3.20. The third-order valence-corrected chi connectivity index (χ3v) is 5.88. The molecular formula is C18H34N2. The molecule has 116 valence electrons. The molecule has 1 saturated heterocycles. The summed E-state index contributed by atoms with van der Waals surface area (Å²) < 4.78 is 0. The van der Waals surface area contributed by atoms with E-state index in [9.17, 15) is 0 Å². The Balaban J connectivity index is 1.52. The number of hydrogen-bond acceptors (Lipinski definition) is 2. The van der Waals surface area contributed by atoms with Crippen molar-refractivity contribution in [2.75, 3.05) is 26.2 Å². The molecule has 2 nitrogen and oxygen atoms in total. The monoisotopic (exact) mass is 278 g/mol. The van der Waals surface area contributed by atoms with E-state index in [-0.39, 0.29) is 0 Å². The van der Waals surface area contributed by atoms with Crippen LogP contribution in [0.15, 0.2) is 0 Å². The quantitative estimate of drug-likeness (QED) is 0.762. The normalized spacial score (nSPS) is 30.8. The summed E-state index contributed by atoms with van der Waals surface area (Å²) in [5.74, 6) is 0.997. The first-order valence-corrected chi connectivity index (χ1v) is 9.25. The lowest BCUT2D eigenvalue weighted by Gasteiger charge is -2.40. The highest BCUT2D eigenvalue weighted by atomic mass is 15.2. The molecule has 20 heavy (non-hydrogen) atoms. The van der Waals surface area contributed by atoms with Crippen molar-refractivity contribution in [3.05, 3.63) is 0 Å². The van der Waals surface area contributed by atoms with Gasteiger partial charge in [0, 0.05) is 25.7 Å². The highest BCUT2D eigenvalue weighted by Crippen LogP contribution is 2.38. The van der Waals surface area contributed by atoms with Gasteiger partial charge in [-0.3, -0.25) is 0 Å². The zero-order valence-electron chi connectivity index (χ0n) is 13.5. The molecule has 0 aromatic rings. The summed E-state index contributed by atoms with van der Waals surface area (Å²) in [4.78, 5) is 2.81. The highest BCUT2D eigenvalue weighted by molar-refractivity contribution is 4.92. The Kier molecular flexibility index (Phi) is 5.04. The fourth-order valence-electron chi connectivity index (χ4n) is 4.52. The molecule has 0 aromatic heterocycles. The second-order valence-corrected chi connectivity index (χ2v) is 7.89. The minimum absolute atomic E-state index is 0.613. The molecule has 1 aliphatic heterocycles. The van der Waals surface area contributed by atoms with Gasteiger partial charge in [-0.05, 0) is 56.4 Å². The summed E-state index contributed by atoms with van der Waals surface area (Å²) in [6, 6.07) is 0.875. The lowest BCUT2D eigenvalue weighted by Crippen LogP contribution is -2.45. The molecule has 1 N–H and O–H groups in total. The van der Waals surface area contributed by atoms with Gasteiger partial charge in [0.25, 0.3) is 0 Å². The highest BCUT2D eigenvalue weighted by Gasteiger charge is 2.37. The average molecular weight is 278 g/mol. The smallest absolute Gasteiger partial charge is 0.00684 e. The molecule has 0 amide bonds. The number of rotatable bonds is 7. The van der Waals surface area contributed by atoms with Crippen molar-refractivity contribution in [3.63, 3.8) is 0 Å². The van der Waals surface area contributed by atoms with Crippen LogP contribution in [0.2, 0.25) is 0 Å². The Morgan fingerprint density at radius 1 is 1.10 bits per heavy atom. The topological polar surface area (TPSA) is 15.3 Å². The molecule has 2 aliphatic carbocycles. The molecular weight excluding hydrogens is 244 g/mol. The van der Waals surface area contributed by atoms with E-state index in [0.29, 0.717) is 5.41 Å². The van der Waals surface area contributed by atoms with Crippen LogP contribution in [0.4, 0.5) is 0 Å². The van der Waals surface area contributed by atoms with Crippen molar-refractivity contribution in [1.29, 1.82) is 0 Å². The van der Waals surface area contributed by atoms with Gasteiger partial charge in [0.15, 0.2) is 0 Å². The van der Waals surface area contributed by atoms with Crippen LogP contribution in [0.5, 0.6) is 0 Å². The van der Waals surface area contributed by atoms with Crippen LogP contribution in [0.3, 0.4) is 0 Å². The van der Waals surface area contributed by atoms with Crippen LogP contribution in [-0.4, -0.2) is 37.1 Å². The number of nitrogens with one attached hydrogen (secondary N) is 1. The second kappa shape index (κ2) is 6.79. The van der Waals surface area contributed by atoms with Crippen molar-refractivity contribution in [1.82, 2.24) is 10.2 Å². The third kappa shape index (κ3) is 3.98. The summed E-state index contributed by atoms with van der Waals surface area (Å²) in [5, 5.41) is 3.85. The van der Waals surface area contributed by atoms with Crippen molar-refractivity contribution >= 4 is 0 Å². The van der Waals surface area contributed by atoms with Crippen molar-refractivity contribution in [3.8, 4) is 0 Å². The number of hydrogen-bond donors (Lipinski definition) is 1. The third-order valence-electron chi connectivity index (χ3n) is 5.88. The summed E-state index contributed by atoms with van der Waals surface area (Å²) in [5.41, 5.74) is 0.613. The molecule has 0 bridgehead atoms. The van der Waals surface area contributed by atoms with Gasteiger partial charge in [-0.1, -0.05) is 32.6 Å². The van der Waals surface area contributed by atoms with Crippen LogP contribution < -0.4 is 5.32 Å². The fraction of sp³-hybridized carbons (Fsp3) is 1.00. The van der Waals surface area contributed by atoms with Gasteiger partial charge < -0.3 is 10.2 Å². The number of nitrogens with zero attached hydrogens (tertiary/aromatic N) is 1. The minimum Gasteiger partial charge on any atom is -0.313 e. The zero-order chi connectivity index (χ0) is 13.8. The molecule has 0 spiro atoms. The van der Waals surface area contributed by atoms with Gasteiger partial charge in [-0.2, -0.15) is 0 Å². The van der Waals surface area contributed by atoms with Crippen molar-refractivity contribution < 1.29 is 0 Å². The summed E-state index contributed by atoms with van der Waals surface area (Å²) in [6.45, 7) is 7.78. The van der Waals surface area contributed by atoms with E-state index in [1.807, 2.05) is 0 Å². The van der Waals surface area contributed by atoms with Crippen LogP contribution in [0.25, 0.3) is 0 Å². The van der Waals surface area contributed by atoms with Crippen LogP contribution in [-0.2, 0) is 0 Å². The summed E-state index contributed by atoms with van der Waals surface area (Å²) in [7, 11) is 0. The maximum Gasteiger partial charge on any atom is 0.00684 e. The van der Waals surface area contributed by atoms with E-state index in [1.54, 1.807) is 0 Å². The van der Waals surface area contributed by atoms with E-state index < -0.39 is 0 Å². The SMILES string of the molecule is CCCC1CCN(CC2(CNC3CC3)CCCCC2)C1. The predicted molar refractivity (Wildman–Crippen MR) is 86.0 cm³/mol. The van der Waals surface area contributed by atoms with Gasteiger partial charge in [-0.15, -0.1) is 0 Å². The van der Waals surface area contributed by atoms with Crippen LogP contribution in [0.1, 0.15) is 71.1 Å². The molecule has 2 heteroatoms. The Morgan fingerprint density at radius 3 is 2.60 bits per heavy atom. The lowest BCUT2D eigenvalue weighted by atomic mass is 9.73. The molecule has 1 unspecified atom stereocenters. The van der Waals surface area contributed by atoms with E-state index in [1.165, 1.54) is 90.4 Å². The van der Waals surface area contributed by atoms with Crippen molar-refractivity contribution in [2.45, 2.75) is 77.2 Å². The van der Waals surface area contributed by atoms with E-state index in [0.717, 1.165) is 12.0 Å². The van der Waals surface area contributed by atoms with Gasteiger partial charge in [0.2, 0.25) is 0 Å². The van der Waals surface area contributed by atoms with Crippen molar-refractivity contribution in [2.24, 2.45) is 11.3 Å². The standard InChI is InChI=1S/C18H34N2/c1-2-6-16-9-12-20(13-16)15-18(10-4-3-5-11-18)14-19-17-7-8-17/h16-17,19H,2-15H2,1H3. The molecule has 2 saturated carbocycles. The summed E-state index contributed by atoms with van der Waals surface area (Å²) >= 11 is 0. The van der Waals surface area contributed by atoms with Crippen LogP contribution >= 0.6 is 0 Å². The van der Waals surface area contributed by atoms with Gasteiger partial charge >= 0.3 is 0 Å². The fourth-order valence-corrected chi connectivity index (χ4v) is 4.52. The maximum absolute atomic E-state index is 3.85. The first kappa shape index (κ1) is 14.8. The Labute approximate surface area is 125 Å². The maximum atomic E-state index is 3.85. The van der Waals surface area contributed by atoms with E-state index >= 15 is 0 Å². The van der Waals surface area contributed by atoms with Gasteiger partial charge in [-0.25, -0.2) is 0 Å². The summed E-state index contributed by atoms with van der Waals surface area (Å²) in [6.07, 6.45) is 14.5. The molecule has 3 aliphatic rings. The van der Waals surface area contributed by atoms with Crippen LogP contribution in [0, 0.1) is 11.3 Å². The van der Waals surface area contributed by atoms with E-state index in [4.69, 9.17) is 0 Å². The first-order valence-electron chi connectivity index (χ1n) is 9.25. The zero-order valence-corrected chi connectivity index (χ0v) is 13.5. The molecule has 1 heterocycles. The second-order valence-electron chi connectivity index (χ2n) is 7.89. The van der Waals surface area contributed by atoms with Gasteiger partial charge in [0.05, 0.1) is 0 Å². The molecule has 1 atom stereocenters. The van der Waals surface area contributed by atoms with E-state index in [2.05, 4.69) is 17.1 Å².